The first-order valence-electron chi connectivity index (χ1n) is 30.6. The van der Waals surface area contributed by atoms with Crippen LogP contribution in [0.1, 0.15) is 173 Å². The van der Waals surface area contributed by atoms with E-state index >= 15 is 0 Å². The summed E-state index contributed by atoms with van der Waals surface area (Å²) in [5, 5.41) is 23.4. The number of aliphatic carboxylic acids is 2. The minimum atomic E-state index is -1.08. The molecule has 25 heteroatoms. The molecule has 0 aliphatic heterocycles. The molecule has 0 saturated heterocycles. The van der Waals surface area contributed by atoms with Crippen LogP contribution < -0.4 is 10.6 Å². The highest BCUT2D eigenvalue weighted by Crippen LogP contribution is 2.18. The van der Waals surface area contributed by atoms with E-state index in [1.807, 2.05) is 69.2 Å². The van der Waals surface area contributed by atoms with E-state index in [1.165, 1.54) is 13.8 Å². The summed E-state index contributed by atoms with van der Waals surface area (Å²) in [6, 6.07) is 0. The van der Waals surface area contributed by atoms with Crippen molar-refractivity contribution in [3.63, 3.8) is 0 Å². The average Bonchev–Trinajstić information content (AvgIpc) is 3.45. The molecule has 0 radical (unpaired) electrons. The quantitative estimate of drug-likeness (QED) is 0.0511. The Kier molecular flexibility index (Phi) is 53.1. The number of hydrogen-bond donors (Lipinski definition) is 4. The number of carbonyl (C=O) groups is 12. The predicted molar refractivity (Wildman–Crippen MR) is 326 cm³/mol. The average molecular weight is 1260 g/mol. The van der Waals surface area contributed by atoms with Crippen LogP contribution in [0.15, 0.2) is 0 Å². The minimum absolute atomic E-state index is 0.0108. The highest BCUT2D eigenvalue weighted by molar-refractivity contribution is 5.86. The molecular weight excluding hydrogens is 1150 g/mol. The third-order valence-corrected chi connectivity index (χ3v) is 12.4. The van der Waals surface area contributed by atoms with Gasteiger partial charge in [0.2, 0.25) is 11.8 Å². The maximum atomic E-state index is 11.8. The third-order valence-electron chi connectivity index (χ3n) is 12.4. The molecule has 0 saturated carbocycles. The fourth-order valence-electron chi connectivity index (χ4n) is 6.72. The van der Waals surface area contributed by atoms with Crippen LogP contribution in [0.5, 0.6) is 0 Å². The molecule has 0 unspecified atom stereocenters. The fourth-order valence-corrected chi connectivity index (χ4v) is 6.72. The maximum Gasteiger partial charge on any atom is 0.306 e. The third kappa shape index (κ3) is 58.6. The van der Waals surface area contributed by atoms with Crippen molar-refractivity contribution in [3.05, 3.63) is 0 Å². The van der Waals surface area contributed by atoms with Crippen molar-refractivity contribution in [1.29, 1.82) is 0 Å². The van der Waals surface area contributed by atoms with Gasteiger partial charge in [-0.05, 0) is 46.0 Å². The molecule has 0 aliphatic rings. The molecule has 0 aromatic heterocycles. The minimum Gasteiger partial charge on any atom is -0.481 e. The highest BCUT2D eigenvalue weighted by atomic mass is 16.5. The van der Waals surface area contributed by atoms with Crippen LogP contribution in [0.4, 0.5) is 0 Å². The van der Waals surface area contributed by atoms with Crippen molar-refractivity contribution in [3.8, 4) is 0 Å². The first-order valence-corrected chi connectivity index (χ1v) is 30.6. The van der Waals surface area contributed by atoms with E-state index in [9.17, 15) is 57.5 Å². The van der Waals surface area contributed by atoms with Crippen LogP contribution in [-0.2, 0) is 100 Å². The van der Waals surface area contributed by atoms with Gasteiger partial charge in [0.1, 0.15) is 49.6 Å². The second-order valence-corrected chi connectivity index (χ2v) is 24.0. The Bertz CT molecular complexity index is 1910. The predicted octanol–water partition coefficient (Wildman–Crippen LogP) is 5.95. The molecule has 25 nitrogen and oxygen atoms in total. The number of ether oxygens (including phenoxy) is 9. The van der Waals surface area contributed by atoms with E-state index in [0.717, 1.165) is 6.42 Å². The van der Waals surface area contributed by atoms with E-state index in [0.29, 0.717) is 97.8 Å². The zero-order chi connectivity index (χ0) is 67.4. The molecule has 2 amide bonds. The summed E-state index contributed by atoms with van der Waals surface area (Å²) in [6.07, 6.45) is 4.30. The maximum absolute atomic E-state index is 11.8. The van der Waals surface area contributed by atoms with Gasteiger partial charge in [0.15, 0.2) is 23.1 Å². The summed E-state index contributed by atoms with van der Waals surface area (Å²) in [6.45, 7) is 26.7. The van der Waals surface area contributed by atoms with Crippen molar-refractivity contribution >= 4 is 70.0 Å². The van der Waals surface area contributed by atoms with E-state index in [4.69, 9.17) is 52.8 Å². The molecule has 0 aromatic carbocycles. The number of carboxylic acid groups (broad SMARTS) is 2. The number of nitrogens with one attached hydrogen (secondary N) is 2. The van der Waals surface area contributed by atoms with Crippen molar-refractivity contribution in [2.24, 2.45) is 28.1 Å². The van der Waals surface area contributed by atoms with Gasteiger partial charge in [0.05, 0.1) is 84.5 Å². The Morgan fingerprint density at radius 1 is 0.352 bits per heavy atom. The molecule has 0 spiro atoms. The van der Waals surface area contributed by atoms with Crippen LogP contribution in [-0.4, -0.2) is 212 Å². The molecular formula is C63H110N2O23. The Morgan fingerprint density at radius 2 is 0.648 bits per heavy atom. The molecule has 0 bridgehead atoms. The molecule has 0 rings (SSSR count). The smallest absolute Gasteiger partial charge is 0.306 e. The van der Waals surface area contributed by atoms with Gasteiger partial charge in [-0.1, -0.05) is 69.2 Å². The molecule has 0 aromatic rings. The topological polar surface area (TPSA) is 352 Å². The van der Waals surface area contributed by atoms with Crippen LogP contribution in [0, 0.1) is 28.1 Å². The molecule has 88 heavy (non-hydrogen) atoms. The van der Waals surface area contributed by atoms with Gasteiger partial charge in [-0.25, -0.2) is 0 Å². The van der Waals surface area contributed by atoms with E-state index in [1.54, 1.807) is 0 Å². The van der Waals surface area contributed by atoms with Crippen molar-refractivity contribution < 1.29 is 110 Å². The second-order valence-electron chi connectivity index (χ2n) is 24.0. The Balaban J connectivity index is -0.00000132. The van der Waals surface area contributed by atoms with Gasteiger partial charge in [-0.3, -0.25) is 47.9 Å². The zero-order valence-electron chi connectivity index (χ0n) is 55.2. The second kappa shape index (κ2) is 53.7. The van der Waals surface area contributed by atoms with Gasteiger partial charge in [0.25, 0.3) is 0 Å². The first-order chi connectivity index (χ1) is 41.2. The Morgan fingerprint density at radius 3 is 0.955 bits per heavy atom. The lowest BCUT2D eigenvalue weighted by Crippen LogP contribution is -2.29. The molecule has 0 fully saturated rings. The lowest BCUT2D eigenvalue weighted by Gasteiger charge is -2.16. The van der Waals surface area contributed by atoms with E-state index in [2.05, 4.69) is 10.6 Å². The lowest BCUT2D eigenvalue weighted by atomic mass is 9.89. The van der Waals surface area contributed by atoms with Gasteiger partial charge in [0, 0.05) is 107 Å². The largest absolute Gasteiger partial charge is 0.481 e. The van der Waals surface area contributed by atoms with Crippen LogP contribution in [0.3, 0.4) is 0 Å². The summed E-state index contributed by atoms with van der Waals surface area (Å²) in [4.78, 5) is 137. The molecule has 0 heterocycles. The Labute approximate surface area is 522 Å². The summed E-state index contributed by atoms with van der Waals surface area (Å²) in [5.41, 5.74) is -1.11. The number of amides is 2. The summed E-state index contributed by atoms with van der Waals surface area (Å²) in [5.74, 6) is -4.44. The normalized spacial score (nSPS) is 12.1. The standard InChI is InChI=1S/2C25H43NO10.C13H24O3/c2*1-19(27)16-20(24(31)32)7-8-23(30)26-9-11-34-13-14-35-17-21(28)6-5-10-33-12-15-36-18-22(29)25(2,3)4;1-5-11(14)7-6-9-16-10-8-12(15)13(2,3)4/h2*20H,5-18H2,1-4H3,(H,26,30)(H,31,32);5-10H2,1-4H3/t2*20-;/m11./s1. The molecule has 2 atom stereocenters. The van der Waals surface area contributed by atoms with E-state index < -0.39 is 34.6 Å². The number of Topliss-reactive ketones (excluding diaryl/α,β-unsaturated/α-hetero) is 8. The summed E-state index contributed by atoms with van der Waals surface area (Å²) in [7, 11) is 0. The highest BCUT2D eigenvalue weighted by Gasteiger charge is 2.24. The number of carbonyl (C=O) groups excluding carboxylic acids is 10. The molecule has 4 N–H and O–H groups in total. The van der Waals surface area contributed by atoms with Gasteiger partial charge in [-0.15, -0.1) is 0 Å². The fraction of sp³-hybridized carbons (Fsp3) is 0.810. The van der Waals surface area contributed by atoms with Crippen LogP contribution >= 0.6 is 0 Å². The number of carboxylic acids is 2. The number of rotatable bonds is 54. The molecule has 510 valence electrons. The first kappa shape index (κ1) is 87.1. The van der Waals surface area contributed by atoms with Crippen molar-refractivity contribution in [2.75, 3.05) is 132 Å². The van der Waals surface area contributed by atoms with Gasteiger partial charge < -0.3 is 73.1 Å². The van der Waals surface area contributed by atoms with Gasteiger partial charge in [-0.2, -0.15) is 0 Å². The molecule has 0 aliphatic carbocycles. The van der Waals surface area contributed by atoms with Crippen LogP contribution in [0.25, 0.3) is 0 Å². The lowest BCUT2D eigenvalue weighted by molar-refractivity contribution is -0.144. The number of ketones is 8. The van der Waals surface area contributed by atoms with Crippen molar-refractivity contribution in [2.45, 2.75) is 173 Å². The van der Waals surface area contributed by atoms with Crippen molar-refractivity contribution in [1.82, 2.24) is 10.6 Å². The van der Waals surface area contributed by atoms with E-state index in [-0.39, 0.29) is 181 Å². The van der Waals surface area contributed by atoms with Gasteiger partial charge >= 0.3 is 11.9 Å². The Hall–Kier alpha value is -5.12. The summed E-state index contributed by atoms with van der Waals surface area (Å²) < 4.78 is 47.8. The zero-order valence-corrected chi connectivity index (χ0v) is 55.2. The number of hydrogen-bond acceptors (Lipinski definition) is 21. The SMILES string of the molecule is CC(=O)C[C@@H](CCC(=O)NCCOCCOCC(=O)CCCOCCOCC(=O)C(C)(C)C)C(=O)O.CC(=O)C[C@@H](CCC(=O)NCCOCCOCC(=O)CCCOCCOCC(=O)C(C)(C)C)C(=O)O.CCC(=O)CCCOCCC(=O)C(C)(C)C. The monoisotopic (exact) mass is 1260 g/mol. The summed E-state index contributed by atoms with van der Waals surface area (Å²) >= 11 is 0. The van der Waals surface area contributed by atoms with Crippen LogP contribution in [0.2, 0.25) is 0 Å².